The minimum Gasteiger partial charge on any atom is -0.497 e. The van der Waals surface area contributed by atoms with Crippen molar-refractivity contribution in [2.24, 2.45) is 5.92 Å². The minimum absolute atomic E-state index is 0.137. The van der Waals surface area contributed by atoms with Gasteiger partial charge < -0.3 is 19.7 Å². The van der Waals surface area contributed by atoms with E-state index in [1.165, 1.54) is 17.0 Å². The standard InChI is InChI=1S/C29H33FN2O4/c1-21(2)18-31-29(34)27(17-22-7-5-4-6-8-22)32(19-23-9-11-24(30)12-10-23)28(33)20-36-26-15-13-25(35-3)14-16-26/h4-16,21,27H,17-20H2,1-3H3,(H,31,34). The second-order valence-corrected chi connectivity index (χ2v) is 8.96. The molecule has 0 aliphatic rings. The molecule has 1 N–H and O–H groups in total. The molecule has 0 fully saturated rings. The Balaban J connectivity index is 1.87. The Bertz CT molecular complexity index is 1100. The van der Waals surface area contributed by atoms with Crippen LogP contribution < -0.4 is 14.8 Å². The second kappa shape index (κ2) is 13.3. The van der Waals surface area contributed by atoms with Crippen LogP contribution in [0.1, 0.15) is 25.0 Å². The molecule has 0 bridgehead atoms. The van der Waals surface area contributed by atoms with Crippen LogP contribution in [0, 0.1) is 11.7 Å². The summed E-state index contributed by atoms with van der Waals surface area (Å²) < 4.78 is 24.4. The zero-order chi connectivity index (χ0) is 25.9. The maximum absolute atomic E-state index is 13.5. The van der Waals surface area contributed by atoms with E-state index in [0.717, 1.165) is 5.56 Å². The fourth-order valence-corrected chi connectivity index (χ4v) is 3.66. The van der Waals surface area contributed by atoms with Crippen molar-refractivity contribution < 1.29 is 23.5 Å². The quantitative estimate of drug-likeness (QED) is 0.401. The molecule has 0 heterocycles. The van der Waals surface area contributed by atoms with Crippen LogP contribution in [-0.2, 0) is 22.6 Å². The molecule has 2 amide bonds. The number of rotatable bonds is 12. The summed E-state index contributed by atoms with van der Waals surface area (Å²) in [6.07, 6.45) is 0.334. The second-order valence-electron chi connectivity index (χ2n) is 8.96. The van der Waals surface area contributed by atoms with Gasteiger partial charge in [-0.1, -0.05) is 56.3 Å². The zero-order valence-electron chi connectivity index (χ0n) is 20.9. The third kappa shape index (κ3) is 8.12. The summed E-state index contributed by atoms with van der Waals surface area (Å²) in [4.78, 5) is 28.4. The number of nitrogens with one attached hydrogen (secondary N) is 1. The van der Waals surface area contributed by atoms with E-state index >= 15 is 0 Å². The highest BCUT2D eigenvalue weighted by Crippen LogP contribution is 2.19. The molecule has 0 aromatic heterocycles. The lowest BCUT2D eigenvalue weighted by atomic mass is 10.0. The van der Waals surface area contributed by atoms with E-state index in [4.69, 9.17) is 9.47 Å². The fourth-order valence-electron chi connectivity index (χ4n) is 3.66. The van der Waals surface area contributed by atoms with Crippen molar-refractivity contribution in [3.05, 3.63) is 95.8 Å². The first-order valence-corrected chi connectivity index (χ1v) is 12.0. The van der Waals surface area contributed by atoms with Gasteiger partial charge in [0.05, 0.1) is 7.11 Å². The van der Waals surface area contributed by atoms with Gasteiger partial charge in [-0.25, -0.2) is 4.39 Å². The fraction of sp³-hybridized carbons (Fsp3) is 0.310. The molecule has 3 aromatic rings. The zero-order valence-corrected chi connectivity index (χ0v) is 20.9. The Morgan fingerprint density at radius 2 is 1.53 bits per heavy atom. The maximum Gasteiger partial charge on any atom is 0.261 e. The summed E-state index contributed by atoms with van der Waals surface area (Å²) >= 11 is 0. The van der Waals surface area contributed by atoms with Crippen LogP contribution in [0.5, 0.6) is 11.5 Å². The van der Waals surface area contributed by atoms with Crippen molar-refractivity contribution in [3.8, 4) is 11.5 Å². The van der Waals surface area contributed by atoms with Crippen LogP contribution in [0.3, 0.4) is 0 Å². The molecule has 3 aromatic carbocycles. The summed E-state index contributed by atoms with van der Waals surface area (Å²) in [7, 11) is 1.57. The topological polar surface area (TPSA) is 67.9 Å². The normalized spacial score (nSPS) is 11.6. The van der Waals surface area contributed by atoms with Gasteiger partial charge in [-0.2, -0.15) is 0 Å². The van der Waals surface area contributed by atoms with Gasteiger partial charge >= 0.3 is 0 Å². The molecule has 0 aliphatic heterocycles. The first-order chi connectivity index (χ1) is 17.4. The van der Waals surface area contributed by atoms with Crippen LogP contribution in [0.2, 0.25) is 0 Å². The lowest BCUT2D eigenvalue weighted by Gasteiger charge is -2.31. The highest BCUT2D eigenvalue weighted by atomic mass is 19.1. The number of ether oxygens (including phenoxy) is 2. The van der Waals surface area contributed by atoms with Crippen LogP contribution in [0.15, 0.2) is 78.9 Å². The molecule has 0 aliphatic carbocycles. The molecule has 36 heavy (non-hydrogen) atoms. The number of amides is 2. The van der Waals surface area contributed by atoms with Gasteiger partial charge in [0.15, 0.2) is 6.61 Å². The molecule has 0 spiro atoms. The SMILES string of the molecule is COc1ccc(OCC(=O)N(Cc2ccc(F)cc2)C(Cc2ccccc2)C(=O)NCC(C)C)cc1. The lowest BCUT2D eigenvalue weighted by molar-refractivity contribution is -0.142. The maximum atomic E-state index is 13.5. The van der Waals surface area contributed by atoms with Crippen LogP contribution in [-0.4, -0.2) is 43.0 Å². The van der Waals surface area contributed by atoms with E-state index in [-0.39, 0.29) is 36.7 Å². The van der Waals surface area contributed by atoms with Crippen molar-refractivity contribution in [2.75, 3.05) is 20.3 Å². The van der Waals surface area contributed by atoms with Crippen LogP contribution in [0.25, 0.3) is 0 Å². The van der Waals surface area contributed by atoms with Gasteiger partial charge in [0.25, 0.3) is 5.91 Å². The van der Waals surface area contributed by atoms with Gasteiger partial charge in [0, 0.05) is 19.5 Å². The molecule has 0 radical (unpaired) electrons. The highest BCUT2D eigenvalue weighted by Gasteiger charge is 2.30. The summed E-state index contributed by atoms with van der Waals surface area (Å²) in [5.41, 5.74) is 1.64. The summed E-state index contributed by atoms with van der Waals surface area (Å²) in [6, 6.07) is 21.6. The molecule has 190 valence electrons. The number of halogens is 1. The molecular weight excluding hydrogens is 459 g/mol. The third-order valence-electron chi connectivity index (χ3n) is 5.64. The van der Waals surface area contributed by atoms with E-state index in [0.29, 0.717) is 30.0 Å². The van der Waals surface area contributed by atoms with E-state index in [1.807, 2.05) is 44.2 Å². The predicted molar refractivity (Wildman–Crippen MR) is 137 cm³/mol. The summed E-state index contributed by atoms with van der Waals surface area (Å²) in [6.45, 7) is 4.40. The van der Waals surface area contributed by atoms with Gasteiger partial charge in [-0.15, -0.1) is 0 Å². The Kier molecular flexibility index (Phi) is 9.86. The Labute approximate surface area is 212 Å². The molecule has 3 rings (SSSR count). The monoisotopic (exact) mass is 492 g/mol. The van der Waals surface area contributed by atoms with Gasteiger partial charge in [-0.3, -0.25) is 9.59 Å². The smallest absolute Gasteiger partial charge is 0.261 e. The Morgan fingerprint density at radius 3 is 2.14 bits per heavy atom. The Hall–Kier alpha value is -3.87. The first kappa shape index (κ1) is 26.7. The van der Waals surface area contributed by atoms with E-state index in [9.17, 15) is 14.0 Å². The number of nitrogens with zero attached hydrogens (tertiary/aromatic N) is 1. The van der Waals surface area contributed by atoms with Crippen molar-refractivity contribution in [1.82, 2.24) is 10.2 Å². The third-order valence-corrected chi connectivity index (χ3v) is 5.64. The molecule has 0 saturated carbocycles. The van der Waals surface area contributed by atoms with Crippen LogP contribution in [0.4, 0.5) is 4.39 Å². The lowest BCUT2D eigenvalue weighted by Crippen LogP contribution is -2.52. The number of methoxy groups -OCH3 is 1. The first-order valence-electron chi connectivity index (χ1n) is 12.0. The van der Waals surface area contributed by atoms with E-state index in [1.54, 1.807) is 43.5 Å². The van der Waals surface area contributed by atoms with Crippen molar-refractivity contribution in [3.63, 3.8) is 0 Å². The van der Waals surface area contributed by atoms with E-state index in [2.05, 4.69) is 5.32 Å². The van der Waals surface area contributed by atoms with Crippen LogP contribution >= 0.6 is 0 Å². The molecule has 7 heteroatoms. The highest BCUT2D eigenvalue weighted by molar-refractivity contribution is 5.88. The van der Waals surface area contributed by atoms with Gasteiger partial charge in [-0.05, 0) is 53.4 Å². The minimum atomic E-state index is -0.775. The molecule has 6 nitrogen and oxygen atoms in total. The van der Waals surface area contributed by atoms with Gasteiger partial charge in [0.2, 0.25) is 5.91 Å². The van der Waals surface area contributed by atoms with E-state index < -0.39 is 6.04 Å². The average molecular weight is 493 g/mol. The van der Waals surface area contributed by atoms with Crippen molar-refractivity contribution in [2.45, 2.75) is 32.9 Å². The number of hydrogen-bond donors (Lipinski definition) is 1. The Morgan fingerprint density at radius 1 is 0.889 bits per heavy atom. The summed E-state index contributed by atoms with van der Waals surface area (Å²) in [5.74, 6) is 0.482. The van der Waals surface area contributed by atoms with Gasteiger partial charge in [0.1, 0.15) is 23.4 Å². The number of benzene rings is 3. The molecule has 0 saturated heterocycles. The average Bonchev–Trinajstić information content (AvgIpc) is 2.89. The van der Waals surface area contributed by atoms with Crippen molar-refractivity contribution >= 4 is 11.8 Å². The largest absolute Gasteiger partial charge is 0.497 e. The number of carbonyl (C=O) groups excluding carboxylic acids is 2. The van der Waals surface area contributed by atoms with Crippen molar-refractivity contribution in [1.29, 1.82) is 0 Å². The number of carbonyl (C=O) groups is 2. The molecular formula is C29H33FN2O4. The number of hydrogen-bond acceptors (Lipinski definition) is 4. The molecule has 1 unspecified atom stereocenters. The predicted octanol–water partition coefficient (Wildman–Crippen LogP) is 4.63. The molecule has 1 atom stereocenters. The summed E-state index contributed by atoms with van der Waals surface area (Å²) in [5, 5.41) is 2.97.